The first-order valence-electron chi connectivity index (χ1n) is 4.98. The van der Waals surface area contributed by atoms with Gasteiger partial charge < -0.3 is 5.32 Å². The van der Waals surface area contributed by atoms with Crippen LogP contribution in [0.2, 0.25) is 0 Å². The summed E-state index contributed by atoms with van der Waals surface area (Å²) in [7, 11) is 0. The number of nitrogens with one attached hydrogen (secondary N) is 1. The van der Waals surface area contributed by atoms with E-state index in [4.69, 9.17) is 0 Å². The van der Waals surface area contributed by atoms with E-state index in [1.54, 1.807) is 11.8 Å². The predicted molar refractivity (Wildman–Crippen MR) is 58.9 cm³/mol. The fourth-order valence-electron chi connectivity index (χ4n) is 1.46. The van der Waals surface area contributed by atoms with Crippen LogP contribution in [-0.4, -0.2) is 18.8 Å². The first-order valence-corrected chi connectivity index (χ1v) is 6.13. The van der Waals surface area contributed by atoms with Crippen LogP contribution in [-0.2, 0) is 5.75 Å². The Kier molecular flexibility index (Phi) is 3.59. The zero-order valence-electron chi connectivity index (χ0n) is 8.30. The molecule has 1 saturated heterocycles. The lowest BCUT2D eigenvalue weighted by molar-refractivity contribution is 0.385. The molecule has 1 nitrogen and oxygen atoms in total. The van der Waals surface area contributed by atoms with Crippen LogP contribution in [0.3, 0.4) is 0 Å². The van der Waals surface area contributed by atoms with E-state index in [-0.39, 0.29) is 11.6 Å². The highest BCUT2D eigenvalue weighted by atomic mass is 32.2. The summed E-state index contributed by atoms with van der Waals surface area (Å²) in [5, 5.41) is 3.18. The Morgan fingerprint density at radius 1 is 1.33 bits per heavy atom. The maximum Gasteiger partial charge on any atom is 0.127 e. The molecule has 15 heavy (non-hydrogen) atoms. The Morgan fingerprint density at radius 2 is 2.13 bits per heavy atom. The lowest BCUT2D eigenvalue weighted by Gasteiger charge is -2.26. The van der Waals surface area contributed by atoms with Gasteiger partial charge in [0.1, 0.15) is 11.6 Å². The highest BCUT2D eigenvalue weighted by molar-refractivity contribution is 7.98. The number of halogens is 2. The summed E-state index contributed by atoms with van der Waals surface area (Å²) in [6.45, 7) is 2.11. The van der Waals surface area contributed by atoms with Crippen molar-refractivity contribution in [3.05, 3.63) is 35.4 Å². The van der Waals surface area contributed by atoms with Gasteiger partial charge in [-0.15, -0.1) is 0 Å². The molecule has 0 aromatic heterocycles. The third kappa shape index (κ3) is 2.92. The molecule has 1 heterocycles. The summed E-state index contributed by atoms with van der Waals surface area (Å²) < 4.78 is 26.0. The topological polar surface area (TPSA) is 12.0 Å². The second kappa shape index (κ2) is 4.94. The maximum atomic E-state index is 13.2. The molecule has 1 aliphatic heterocycles. The molecule has 1 N–H and O–H groups in total. The molecule has 1 aromatic rings. The number of hydrogen-bond donors (Lipinski definition) is 1. The van der Waals surface area contributed by atoms with E-state index in [1.165, 1.54) is 12.1 Å². The number of hydrogen-bond acceptors (Lipinski definition) is 2. The van der Waals surface area contributed by atoms with Gasteiger partial charge in [-0.1, -0.05) is 0 Å². The van der Waals surface area contributed by atoms with Crippen molar-refractivity contribution in [2.45, 2.75) is 5.75 Å². The molecule has 4 heteroatoms. The van der Waals surface area contributed by atoms with Crippen molar-refractivity contribution in [1.29, 1.82) is 0 Å². The van der Waals surface area contributed by atoms with Crippen LogP contribution in [0.4, 0.5) is 8.78 Å². The van der Waals surface area contributed by atoms with Gasteiger partial charge in [-0.3, -0.25) is 0 Å². The summed E-state index contributed by atoms with van der Waals surface area (Å²) >= 11 is 1.67. The zero-order chi connectivity index (χ0) is 10.7. The maximum absolute atomic E-state index is 13.2. The van der Waals surface area contributed by atoms with Crippen molar-refractivity contribution in [2.24, 2.45) is 5.92 Å². The van der Waals surface area contributed by atoms with E-state index >= 15 is 0 Å². The van der Waals surface area contributed by atoms with Gasteiger partial charge in [-0.05, 0) is 43.0 Å². The Morgan fingerprint density at radius 3 is 2.80 bits per heavy atom. The lowest BCUT2D eigenvalue weighted by Crippen LogP contribution is -2.43. The summed E-state index contributed by atoms with van der Waals surface area (Å²) in [4.78, 5) is 0. The molecule has 0 bridgehead atoms. The molecule has 0 unspecified atom stereocenters. The molecule has 0 aliphatic carbocycles. The quantitative estimate of drug-likeness (QED) is 0.851. The number of rotatable bonds is 4. The molecular weight excluding hydrogens is 216 g/mol. The normalized spacial score (nSPS) is 16.4. The Balaban J connectivity index is 1.83. The molecule has 1 aliphatic rings. The van der Waals surface area contributed by atoms with Crippen molar-refractivity contribution >= 4 is 11.8 Å². The highest BCUT2D eigenvalue weighted by Crippen LogP contribution is 2.20. The molecule has 0 amide bonds. The van der Waals surface area contributed by atoms with Crippen LogP contribution >= 0.6 is 11.8 Å². The standard InChI is InChI=1S/C11H13F2NS/c12-10-1-2-11(13)9(3-10)7-15-6-8-4-14-5-8/h1-3,8,14H,4-7H2. The molecule has 0 spiro atoms. The van der Waals surface area contributed by atoms with Gasteiger partial charge in [0.2, 0.25) is 0 Å². The Labute approximate surface area is 92.3 Å². The molecule has 2 rings (SSSR count). The van der Waals surface area contributed by atoms with Gasteiger partial charge >= 0.3 is 0 Å². The summed E-state index contributed by atoms with van der Waals surface area (Å²) in [5.74, 6) is 1.60. The van der Waals surface area contributed by atoms with Gasteiger partial charge in [0.25, 0.3) is 0 Å². The second-order valence-corrected chi connectivity index (χ2v) is 4.81. The minimum absolute atomic E-state index is 0.310. The monoisotopic (exact) mass is 229 g/mol. The highest BCUT2D eigenvalue weighted by Gasteiger charge is 2.16. The molecule has 1 aromatic carbocycles. The SMILES string of the molecule is Fc1ccc(F)c(CSCC2CNC2)c1. The van der Waals surface area contributed by atoms with Crippen LogP contribution in [0, 0.1) is 17.6 Å². The van der Waals surface area contributed by atoms with E-state index in [1.807, 2.05) is 0 Å². The van der Waals surface area contributed by atoms with Gasteiger partial charge in [0.15, 0.2) is 0 Å². The fourth-order valence-corrected chi connectivity index (χ4v) is 2.58. The van der Waals surface area contributed by atoms with E-state index in [0.29, 0.717) is 17.2 Å². The van der Waals surface area contributed by atoms with Gasteiger partial charge in [0, 0.05) is 11.3 Å². The zero-order valence-corrected chi connectivity index (χ0v) is 9.12. The molecular formula is C11H13F2NS. The van der Waals surface area contributed by atoms with Crippen molar-refractivity contribution in [3.8, 4) is 0 Å². The number of thioether (sulfide) groups is 1. The van der Waals surface area contributed by atoms with Crippen LogP contribution in [0.25, 0.3) is 0 Å². The van der Waals surface area contributed by atoms with E-state index in [9.17, 15) is 8.78 Å². The summed E-state index contributed by atoms with van der Waals surface area (Å²) in [6.07, 6.45) is 0. The summed E-state index contributed by atoms with van der Waals surface area (Å²) in [6, 6.07) is 3.62. The lowest BCUT2D eigenvalue weighted by atomic mass is 10.1. The van der Waals surface area contributed by atoms with Crippen LogP contribution in [0.1, 0.15) is 5.56 Å². The average molecular weight is 229 g/mol. The van der Waals surface area contributed by atoms with Crippen molar-refractivity contribution < 1.29 is 8.78 Å². The molecule has 0 radical (unpaired) electrons. The molecule has 1 fully saturated rings. The minimum Gasteiger partial charge on any atom is -0.316 e. The molecule has 0 saturated carbocycles. The van der Waals surface area contributed by atoms with Gasteiger partial charge in [0.05, 0.1) is 0 Å². The summed E-state index contributed by atoms with van der Waals surface area (Å²) in [5.41, 5.74) is 0.465. The molecule has 0 atom stereocenters. The third-order valence-electron chi connectivity index (χ3n) is 2.48. The smallest absolute Gasteiger partial charge is 0.127 e. The second-order valence-electron chi connectivity index (χ2n) is 3.78. The average Bonchev–Trinajstić information content (AvgIpc) is 2.15. The van der Waals surface area contributed by atoms with Crippen molar-refractivity contribution in [3.63, 3.8) is 0 Å². The van der Waals surface area contributed by atoms with E-state index < -0.39 is 0 Å². The van der Waals surface area contributed by atoms with Crippen LogP contribution in [0.15, 0.2) is 18.2 Å². The fraction of sp³-hybridized carbons (Fsp3) is 0.455. The Hall–Kier alpha value is -0.610. The van der Waals surface area contributed by atoms with Gasteiger partial charge in [-0.25, -0.2) is 8.78 Å². The largest absolute Gasteiger partial charge is 0.316 e. The van der Waals surface area contributed by atoms with E-state index in [2.05, 4.69) is 5.32 Å². The molecule has 82 valence electrons. The Bertz CT molecular complexity index is 339. The van der Waals surface area contributed by atoms with Crippen LogP contribution < -0.4 is 5.32 Å². The predicted octanol–water partition coefficient (Wildman–Crippen LogP) is 2.42. The van der Waals surface area contributed by atoms with E-state index in [0.717, 1.165) is 24.9 Å². The number of benzene rings is 1. The van der Waals surface area contributed by atoms with Crippen molar-refractivity contribution in [2.75, 3.05) is 18.8 Å². The minimum atomic E-state index is -0.364. The van der Waals surface area contributed by atoms with Crippen molar-refractivity contribution in [1.82, 2.24) is 5.32 Å². The van der Waals surface area contributed by atoms with Crippen LogP contribution in [0.5, 0.6) is 0 Å². The third-order valence-corrected chi connectivity index (χ3v) is 3.71. The first kappa shape index (κ1) is 10.9. The first-order chi connectivity index (χ1) is 7.25. The van der Waals surface area contributed by atoms with Gasteiger partial charge in [-0.2, -0.15) is 11.8 Å².